The first-order valence-electron chi connectivity index (χ1n) is 3.94. The summed E-state index contributed by atoms with van der Waals surface area (Å²) < 4.78 is 6.24. The van der Waals surface area contributed by atoms with E-state index in [1.54, 1.807) is 31.5 Å². The van der Waals surface area contributed by atoms with Crippen molar-refractivity contribution in [1.29, 1.82) is 0 Å². The Morgan fingerprint density at radius 2 is 2.29 bits per heavy atom. The van der Waals surface area contributed by atoms with Gasteiger partial charge in [-0.15, -0.1) is 4.91 Å². The molecule has 0 N–H and O–H groups in total. The molecule has 0 bridgehead atoms. The number of ether oxygens (including phenoxy) is 1. The van der Waals surface area contributed by atoms with Crippen molar-refractivity contribution in [3.63, 3.8) is 0 Å². The van der Waals surface area contributed by atoms with Crippen molar-refractivity contribution in [1.82, 2.24) is 4.68 Å². The van der Waals surface area contributed by atoms with Crippen LogP contribution in [-0.4, -0.2) is 11.8 Å². The number of aromatic nitrogens is 1. The molecule has 2 rings (SSSR count). The fourth-order valence-corrected chi connectivity index (χ4v) is 1.62. The third-order valence-corrected chi connectivity index (χ3v) is 2.35. The van der Waals surface area contributed by atoms with E-state index in [-0.39, 0.29) is 0 Å². The van der Waals surface area contributed by atoms with Crippen molar-refractivity contribution in [3.05, 3.63) is 34.3 Å². The fraction of sp³-hybridized carbons (Fsp3) is 0.111. The predicted octanol–water partition coefficient (Wildman–Crippen LogP) is 2.83. The number of nitroso groups, excluding NO2 is 1. The molecule has 0 spiro atoms. The summed E-state index contributed by atoms with van der Waals surface area (Å²) in [5.41, 5.74) is 0.643. The van der Waals surface area contributed by atoms with E-state index in [9.17, 15) is 4.91 Å². The monoisotopic (exact) mass is 210 g/mol. The molecule has 0 aliphatic heterocycles. The Kier molecular flexibility index (Phi) is 2.13. The topological polar surface area (TPSA) is 43.6 Å². The van der Waals surface area contributed by atoms with Gasteiger partial charge in [0.25, 0.3) is 0 Å². The lowest BCUT2D eigenvalue weighted by molar-refractivity contribution is 0.415. The number of rotatable bonds is 2. The Balaban J connectivity index is 2.79. The van der Waals surface area contributed by atoms with E-state index in [4.69, 9.17) is 16.3 Å². The van der Waals surface area contributed by atoms with Crippen molar-refractivity contribution in [3.8, 4) is 5.75 Å². The van der Waals surface area contributed by atoms with Gasteiger partial charge in [0, 0.05) is 17.6 Å². The number of methoxy groups -OCH3 is 1. The highest BCUT2D eigenvalue weighted by Gasteiger charge is 2.07. The summed E-state index contributed by atoms with van der Waals surface area (Å²) in [6.45, 7) is 0. The Morgan fingerprint density at radius 1 is 1.50 bits per heavy atom. The summed E-state index contributed by atoms with van der Waals surface area (Å²) in [4.78, 5) is 10.4. The zero-order chi connectivity index (χ0) is 10.1. The van der Waals surface area contributed by atoms with Crippen LogP contribution in [0.4, 0.5) is 0 Å². The zero-order valence-electron chi connectivity index (χ0n) is 7.40. The number of benzene rings is 1. The van der Waals surface area contributed by atoms with Gasteiger partial charge in [0.2, 0.25) is 0 Å². The summed E-state index contributed by atoms with van der Waals surface area (Å²) in [6, 6.07) is 5.14. The minimum Gasteiger partial charge on any atom is -0.497 e. The van der Waals surface area contributed by atoms with Crippen LogP contribution in [-0.2, 0) is 0 Å². The van der Waals surface area contributed by atoms with E-state index in [2.05, 4.69) is 5.29 Å². The van der Waals surface area contributed by atoms with Crippen LogP contribution in [0.2, 0.25) is 5.02 Å². The Bertz CT molecular complexity index is 493. The minimum atomic E-state index is 0.543. The van der Waals surface area contributed by atoms with Crippen LogP contribution < -0.4 is 4.74 Å². The molecule has 0 atom stereocenters. The van der Waals surface area contributed by atoms with Gasteiger partial charge in [-0.2, -0.15) is 0 Å². The smallest absolute Gasteiger partial charge is 0.122 e. The Morgan fingerprint density at radius 3 is 2.93 bits per heavy atom. The molecule has 0 saturated heterocycles. The average Bonchev–Trinajstić information content (AvgIpc) is 2.61. The van der Waals surface area contributed by atoms with Gasteiger partial charge in [0.05, 0.1) is 22.9 Å². The van der Waals surface area contributed by atoms with Crippen LogP contribution in [0.1, 0.15) is 0 Å². The second kappa shape index (κ2) is 3.31. The van der Waals surface area contributed by atoms with E-state index in [0.717, 1.165) is 5.39 Å². The zero-order valence-corrected chi connectivity index (χ0v) is 8.15. The Labute approximate surface area is 85.0 Å². The molecule has 4 nitrogen and oxygen atoms in total. The highest BCUT2D eigenvalue weighted by molar-refractivity contribution is 6.35. The maximum absolute atomic E-state index is 10.4. The number of nitrogens with zero attached hydrogens (tertiary/aromatic N) is 2. The molecular formula is C9H7ClN2O2. The number of hydrogen-bond acceptors (Lipinski definition) is 3. The third kappa shape index (κ3) is 1.24. The summed E-state index contributed by atoms with van der Waals surface area (Å²) in [6.07, 6.45) is 1.56. The second-order valence-electron chi connectivity index (χ2n) is 2.78. The van der Waals surface area contributed by atoms with E-state index in [1.165, 1.54) is 4.68 Å². The molecule has 0 radical (unpaired) electrons. The van der Waals surface area contributed by atoms with Crippen LogP contribution in [0.15, 0.2) is 29.7 Å². The molecule has 5 heteroatoms. The van der Waals surface area contributed by atoms with Crippen molar-refractivity contribution >= 4 is 22.5 Å². The number of hydrogen-bond donors (Lipinski definition) is 0. The second-order valence-corrected chi connectivity index (χ2v) is 3.19. The van der Waals surface area contributed by atoms with Gasteiger partial charge in [-0.25, -0.2) is 4.68 Å². The molecule has 0 aliphatic carbocycles. The van der Waals surface area contributed by atoms with Gasteiger partial charge in [-0.05, 0) is 12.1 Å². The number of fused-ring (bicyclic) bond motifs is 1. The van der Waals surface area contributed by atoms with E-state index in [1.807, 2.05) is 0 Å². The summed E-state index contributed by atoms with van der Waals surface area (Å²) in [5, 5.41) is 4.16. The van der Waals surface area contributed by atoms with Gasteiger partial charge in [-0.1, -0.05) is 11.6 Å². The third-order valence-electron chi connectivity index (χ3n) is 2.03. The molecule has 72 valence electrons. The van der Waals surface area contributed by atoms with Gasteiger partial charge in [-0.3, -0.25) is 0 Å². The maximum atomic E-state index is 10.4. The van der Waals surface area contributed by atoms with Gasteiger partial charge in [0.1, 0.15) is 5.75 Å². The van der Waals surface area contributed by atoms with E-state index < -0.39 is 0 Å². The lowest BCUT2D eigenvalue weighted by Gasteiger charge is -2.01. The maximum Gasteiger partial charge on any atom is 0.122 e. The van der Waals surface area contributed by atoms with Crippen molar-refractivity contribution in [2.75, 3.05) is 7.11 Å². The molecular weight excluding hydrogens is 204 g/mol. The van der Waals surface area contributed by atoms with Crippen molar-refractivity contribution in [2.45, 2.75) is 0 Å². The SMILES string of the molecule is COc1cc(Cl)c2ccn(N=O)c2c1. The standard InChI is InChI=1S/C9H7ClN2O2/c1-14-6-4-8(10)7-2-3-12(11-13)9(7)5-6/h2-5H,1H3. The summed E-state index contributed by atoms with van der Waals surface area (Å²) in [7, 11) is 1.54. The van der Waals surface area contributed by atoms with Gasteiger partial charge < -0.3 is 4.74 Å². The highest BCUT2D eigenvalue weighted by atomic mass is 35.5. The van der Waals surface area contributed by atoms with E-state index >= 15 is 0 Å². The molecule has 0 aliphatic rings. The molecule has 0 amide bonds. The van der Waals surface area contributed by atoms with Crippen LogP contribution in [0.5, 0.6) is 5.75 Å². The van der Waals surface area contributed by atoms with Gasteiger partial charge in [0.15, 0.2) is 0 Å². The van der Waals surface area contributed by atoms with Gasteiger partial charge >= 0.3 is 0 Å². The molecule has 0 fully saturated rings. The fourth-order valence-electron chi connectivity index (χ4n) is 1.35. The molecule has 0 saturated carbocycles. The minimum absolute atomic E-state index is 0.543. The molecule has 2 aromatic rings. The van der Waals surface area contributed by atoms with Crippen LogP contribution in [0.25, 0.3) is 10.9 Å². The first kappa shape index (κ1) is 9.02. The largest absolute Gasteiger partial charge is 0.497 e. The average molecular weight is 211 g/mol. The lowest BCUT2D eigenvalue weighted by atomic mass is 10.2. The molecule has 1 aromatic carbocycles. The first-order chi connectivity index (χ1) is 6.76. The van der Waals surface area contributed by atoms with E-state index in [0.29, 0.717) is 16.3 Å². The Hall–Kier alpha value is -1.55. The summed E-state index contributed by atoms with van der Waals surface area (Å²) in [5.74, 6) is 0.603. The lowest BCUT2D eigenvalue weighted by Crippen LogP contribution is -1.86. The molecule has 0 unspecified atom stereocenters. The predicted molar refractivity (Wildman–Crippen MR) is 54.7 cm³/mol. The van der Waals surface area contributed by atoms with Crippen LogP contribution >= 0.6 is 11.6 Å². The van der Waals surface area contributed by atoms with Crippen LogP contribution in [0, 0.1) is 4.91 Å². The first-order valence-corrected chi connectivity index (χ1v) is 4.32. The van der Waals surface area contributed by atoms with Crippen molar-refractivity contribution in [2.24, 2.45) is 5.29 Å². The quantitative estimate of drug-likeness (QED) is 0.716. The highest BCUT2D eigenvalue weighted by Crippen LogP contribution is 2.29. The molecule has 14 heavy (non-hydrogen) atoms. The summed E-state index contributed by atoms with van der Waals surface area (Å²) >= 11 is 5.97. The van der Waals surface area contributed by atoms with Crippen LogP contribution in [0.3, 0.4) is 0 Å². The number of halogens is 1. The normalized spacial score (nSPS) is 10.4. The molecule has 1 aromatic heterocycles. The molecule has 1 heterocycles. The van der Waals surface area contributed by atoms with Crippen molar-refractivity contribution < 1.29 is 4.74 Å².